The summed E-state index contributed by atoms with van der Waals surface area (Å²) >= 11 is 7.64. The van der Waals surface area contributed by atoms with Crippen LogP contribution in [0.1, 0.15) is 36.1 Å². The van der Waals surface area contributed by atoms with E-state index < -0.39 is 6.04 Å². The first kappa shape index (κ1) is 26.8. The van der Waals surface area contributed by atoms with Gasteiger partial charge in [0.25, 0.3) is 0 Å². The van der Waals surface area contributed by atoms with Gasteiger partial charge in [0.15, 0.2) is 0 Å². The smallest absolute Gasteiger partial charge is 0.243 e. The number of rotatable bonds is 11. The normalized spacial score (nSPS) is 11.8. The van der Waals surface area contributed by atoms with Crippen LogP contribution in [0.2, 0.25) is 5.02 Å². The first-order valence-corrected chi connectivity index (χ1v) is 13.4. The van der Waals surface area contributed by atoms with E-state index in [1.165, 1.54) is 11.8 Å². The van der Waals surface area contributed by atoms with Gasteiger partial charge in [-0.05, 0) is 55.2 Å². The third-order valence-corrected chi connectivity index (χ3v) is 6.91. The Morgan fingerprint density at radius 3 is 2.31 bits per heavy atom. The van der Waals surface area contributed by atoms with E-state index in [2.05, 4.69) is 5.32 Å². The first-order valence-electron chi connectivity index (χ1n) is 11.8. The third kappa shape index (κ3) is 8.44. The molecular weight excluding hydrogens is 476 g/mol. The van der Waals surface area contributed by atoms with Crippen LogP contribution in [0.5, 0.6) is 0 Å². The summed E-state index contributed by atoms with van der Waals surface area (Å²) in [4.78, 5) is 28.8. The van der Waals surface area contributed by atoms with Crippen molar-refractivity contribution in [2.75, 3.05) is 5.75 Å². The highest BCUT2D eigenvalue weighted by atomic mass is 35.5. The van der Waals surface area contributed by atoms with Crippen LogP contribution in [0, 0.1) is 6.92 Å². The highest BCUT2D eigenvalue weighted by Crippen LogP contribution is 2.21. The van der Waals surface area contributed by atoms with Crippen LogP contribution in [0.25, 0.3) is 0 Å². The molecule has 3 aromatic rings. The van der Waals surface area contributed by atoms with Gasteiger partial charge >= 0.3 is 0 Å². The van der Waals surface area contributed by atoms with Gasteiger partial charge in [-0.15, -0.1) is 11.8 Å². The molecule has 0 bridgehead atoms. The predicted octanol–water partition coefficient (Wildman–Crippen LogP) is 6.05. The van der Waals surface area contributed by atoms with Crippen LogP contribution < -0.4 is 5.32 Å². The summed E-state index contributed by atoms with van der Waals surface area (Å²) in [6.07, 6.45) is 0.454. The summed E-state index contributed by atoms with van der Waals surface area (Å²) in [7, 11) is 0. The Kier molecular flexibility index (Phi) is 10.2. The maximum Gasteiger partial charge on any atom is 0.243 e. The monoisotopic (exact) mass is 508 g/mol. The molecule has 6 heteroatoms. The average Bonchev–Trinajstić information content (AvgIpc) is 2.82. The zero-order valence-electron chi connectivity index (χ0n) is 20.5. The molecular formula is C29H33ClN2O2S. The van der Waals surface area contributed by atoms with E-state index in [0.717, 1.165) is 22.3 Å². The number of carbonyl (C=O) groups excluding carboxylic acids is 2. The minimum Gasteiger partial charge on any atom is -0.352 e. The lowest BCUT2D eigenvalue weighted by Crippen LogP contribution is -2.52. The standard InChI is InChI=1S/C29H33ClN2O2S/c1-21(2)31-29(34)27(17-23-11-5-4-6-12-23)32(18-25-14-8-7-10-22(25)3)28(33)20-35-19-24-13-9-15-26(30)16-24/h4-16,21,27H,17-20H2,1-3H3,(H,31,34). The summed E-state index contributed by atoms with van der Waals surface area (Å²) in [5, 5.41) is 3.72. The van der Waals surface area contributed by atoms with E-state index in [0.29, 0.717) is 23.7 Å². The van der Waals surface area contributed by atoms with E-state index in [1.54, 1.807) is 4.90 Å². The van der Waals surface area contributed by atoms with Crippen molar-refractivity contribution in [2.45, 2.75) is 51.6 Å². The van der Waals surface area contributed by atoms with Crippen LogP contribution in [0.4, 0.5) is 0 Å². The lowest BCUT2D eigenvalue weighted by molar-refractivity contribution is -0.139. The van der Waals surface area contributed by atoms with Gasteiger partial charge in [0.2, 0.25) is 11.8 Å². The molecule has 35 heavy (non-hydrogen) atoms. The molecule has 1 atom stereocenters. The molecule has 4 nitrogen and oxygen atoms in total. The van der Waals surface area contributed by atoms with Gasteiger partial charge in [-0.3, -0.25) is 9.59 Å². The topological polar surface area (TPSA) is 49.4 Å². The van der Waals surface area contributed by atoms with Gasteiger partial charge in [-0.1, -0.05) is 78.3 Å². The van der Waals surface area contributed by atoms with Gasteiger partial charge < -0.3 is 10.2 Å². The Hall–Kier alpha value is -2.76. The predicted molar refractivity (Wildman–Crippen MR) is 147 cm³/mol. The van der Waals surface area contributed by atoms with E-state index in [1.807, 2.05) is 99.6 Å². The second-order valence-corrected chi connectivity index (χ2v) is 10.4. The summed E-state index contributed by atoms with van der Waals surface area (Å²) < 4.78 is 0. The molecule has 184 valence electrons. The minimum atomic E-state index is -0.612. The molecule has 0 radical (unpaired) electrons. The maximum atomic E-state index is 13.6. The number of benzene rings is 3. The number of amides is 2. The van der Waals surface area contributed by atoms with Crippen molar-refractivity contribution in [1.29, 1.82) is 0 Å². The van der Waals surface area contributed by atoms with E-state index in [-0.39, 0.29) is 23.6 Å². The van der Waals surface area contributed by atoms with Gasteiger partial charge in [0, 0.05) is 29.8 Å². The van der Waals surface area contributed by atoms with Crippen LogP contribution in [-0.2, 0) is 28.3 Å². The minimum absolute atomic E-state index is 0.0200. The Bertz CT molecular complexity index is 1120. The third-order valence-electron chi connectivity index (χ3n) is 5.69. The molecule has 2 amide bonds. The quantitative estimate of drug-likeness (QED) is 0.343. The molecule has 0 spiro atoms. The number of nitrogens with one attached hydrogen (secondary N) is 1. The number of aryl methyl sites for hydroxylation is 1. The first-order chi connectivity index (χ1) is 16.8. The van der Waals surface area contributed by atoms with Gasteiger partial charge in [-0.2, -0.15) is 0 Å². The summed E-state index contributed by atoms with van der Waals surface area (Å²) in [6, 6.07) is 24.9. The summed E-state index contributed by atoms with van der Waals surface area (Å²) in [6.45, 7) is 6.29. The second-order valence-electron chi connectivity index (χ2n) is 8.94. The van der Waals surface area contributed by atoms with Crippen molar-refractivity contribution in [3.63, 3.8) is 0 Å². The van der Waals surface area contributed by atoms with Crippen LogP contribution >= 0.6 is 23.4 Å². The number of hydrogen-bond acceptors (Lipinski definition) is 3. The van der Waals surface area contributed by atoms with Gasteiger partial charge in [0.05, 0.1) is 5.75 Å². The van der Waals surface area contributed by atoms with Crippen molar-refractivity contribution in [3.05, 3.63) is 106 Å². The van der Waals surface area contributed by atoms with Gasteiger partial charge in [0.1, 0.15) is 6.04 Å². The van der Waals surface area contributed by atoms with Crippen LogP contribution in [-0.4, -0.2) is 34.6 Å². The van der Waals surface area contributed by atoms with Crippen molar-refractivity contribution in [3.8, 4) is 0 Å². The zero-order chi connectivity index (χ0) is 25.2. The molecule has 0 saturated carbocycles. The molecule has 1 N–H and O–H groups in total. The highest BCUT2D eigenvalue weighted by molar-refractivity contribution is 7.99. The second kappa shape index (κ2) is 13.4. The van der Waals surface area contributed by atoms with Crippen molar-refractivity contribution >= 4 is 35.2 Å². The number of thioether (sulfide) groups is 1. The fraction of sp³-hybridized carbons (Fsp3) is 0.310. The molecule has 0 saturated heterocycles. The molecule has 0 aliphatic heterocycles. The van der Waals surface area contributed by atoms with Gasteiger partial charge in [-0.25, -0.2) is 0 Å². The molecule has 3 rings (SSSR count). The Balaban J connectivity index is 1.85. The average molecular weight is 509 g/mol. The maximum absolute atomic E-state index is 13.6. The van der Waals surface area contributed by atoms with Crippen molar-refractivity contribution < 1.29 is 9.59 Å². The highest BCUT2D eigenvalue weighted by Gasteiger charge is 2.30. The van der Waals surface area contributed by atoms with Crippen LogP contribution in [0.3, 0.4) is 0 Å². The number of hydrogen-bond donors (Lipinski definition) is 1. The lowest BCUT2D eigenvalue weighted by atomic mass is 10.0. The Labute approximate surface area is 218 Å². The molecule has 0 aliphatic carbocycles. The lowest BCUT2D eigenvalue weighted by Gasteiger charge is -2.32. The molecule has 0 aliphatic rings. The SMILES string of the molecule is Cc1ccccc1CN(C(=O)CSCc1cccc(Cl)c1)C(Cc1ccccc1)C(=O)NC(C)C. The number of nitrogens with zero attached hydrogens (tertiary/aromatic N) is 1. The summed E-state index contributed by atoms with van der Waals surface area (Å²) in [5.41, 5.74) is 4.22. The fourth-order valence-corrected chi connectivity index (χ4v) is 4.94. The largest absolute Gasteiger partial charge is 0.352 e. The van der Waals surface area contributed by atoms with E-state index in [4.69, 9.17) is 11.6 Å². The molecule has 0 heterocycles. The van der Waals surface area contributed by atoms with Crippen molar-refractivity contribution in [2.24, 2.45) is 0 Å². The van der Waals surface area contributed by atoms with Crippen molar-refractivity contribution in [1.82, 2.24) is 10.2 Å². The molecule has 0 aromatic heterocycles. The Morgan fingerprint density at radius 1 is 0.943 bits per heavy atom. The number of halogens is 1. The Morgan fingerprint density at radius 2 is 1.63 bits per heavy atom. The molecule has 1 unspecified atom stereocenters. The zero-order valence-corrected chi connectivity index (χ0v) is 22.1. The molecule has 0 fully saturated rings. The fourth-order valence-electron chi connectivity index (χ4n) is 3.87. The van der Waals surface area contributed by atoms with Crippen LogP contribution in [0.15, 0.2) is 78.9 Å². The molecule has 3 aromatic carbocycles. The number of carbonyl (C=O) groups is 2. The summed E-state index contributed by atoms with van der Waals surface area (Å²) in [5.74, 6) is 0.760. The van der Waals surface area contributed by atoms with E-state index >= 15 is 0 Å². The van der Waals surface area contributed by atoms with E-state index in [9.17, 15) is 9.59 Å².